The van der Waals surface area contributed by atoms with Crippen LogP contribution in [0.4, 0.5) is 5.82 Å². The Morgan fingerprint density at radius 3 is 2.56 bits per heavy atom. The number of carbonyl (C=O) groups is 1. The molecular formula is C14H21N3O. The summed E-state index contributed by atoms with van der Waals surface area (Å²) in [6.07, 6.45) is 8.04. The summed E-state index contributed by atoms with van der Waals surface area (Å²) in [6, 6.07) is 4.27. The van der Waals surface area contributed by atoms with Gasteiger partial charge in [-0.2, -0.15) is 0 Å². The van der Waals surface area contributed by atoms with Crippen LogP contribution in [0.3, 0.4) is 0 Å². The molecule has 0 aliphatic heterocycles. The molecule has 1 aromatic heterocycles. The Bertz CT molecular complexity index is 394. The van der Waals surface area contributed by atoms with Crippen molar-refractivity contribution < 1.29 is 4.79 Å². The van der Waals surface area contributed by atoms with Crippen molar-refractivity contribution in [2.24, 2.45) is 0 Å². The van der Waals surface area contributed by atoms with Gasteiger partial charge in [0.1, 0.15) is 5.82 Å². The summed E-state index contributed by atoms with van der Waals surface area (Å²) < 4.78 is 0. The molecule has 1 aliphatic carbocycles. The number of nitrogens with zero attached hydrogens (tertiary/aromatic N) is 2. The molecule has 1 heterocycles. The number of hydrogen-bond acceptors (Lipinski definition) is 3. The Labute approximate surface area is 108 Å². The predicted octanol–water partition coefficient (Wildman–Crippen LogP) is 2.53. The highest BCUT2D eigenvalue weighted by Gasteiger charge is 2.14. The minimum absolute atomic E-state index is 0.00767. The highest BCUT2D eigenvalue weighted by molar-refractivity contribution is 5.93. The van der Waals surface area contributed by atoms with Crippen LogP contribution in [-0.4, -0.2) is 35.9 Å². The minimum Gasteiger partial charge on any atom is -0.367 e. The quantitative estimate of drug-likeness (QED) is 0.892. The van der Waals surface area contributed by atoms with E-state index in [4.69, 9.17) is 0 Å². The first-order valence-corrected chi connectivity index (χ1v) is 6.61. The van der Waals surface area contributed by atoms with Crippen LogP contribution in [0.25, 0.3) is 0 Å². The average molecular weight is 247 g/mol. The van der Waals surface area contributed by atoms with Gasteiger partial charge in [-0.15, -0.1) is 0 Å². The van der Waals surface area contributed by atoms with Crippen molar-refractivity contribution >= 4 is 11.7 Å². The van der Waals surface area contributed by atoms with Gasteiger partial charge in [0, 0.05) is 26.3 Å². The van der Waals surface area contributed by atoms with Crippen molar-refractivity contribution in [1.29, 1.82) is 0 Å². The fourth-order valence-corrected chi connectivity index (χ4v) is 2.32. The lowest BCUT2D eigenvalue weighted by molar-refractivity contribution is 0.0827. The molecule has 0 aromatic carbocycles. The second-order valence-electron chi connectivity index (χ2n) is 5.11. The molecule has 0 saturated heterocycles. The zero-order chi connectivity index (χ0) is 13.0. The second kappa shape index (κ2) is 5.85. The normalized spacial score (nSPS) is 16.3. The molecule has 0 spiro atoms. The second-order valence-corrected chi connectivity index (χ2v) is 5.11. The third-order valence-corrected chi connectivity index (χ3v) is 3.37. The van der Waals surface area contributed by atoms with E-state index in [1.165, 1.54) is 32.1 Å². The summed E-state index contributed by atoms with van der Waals surface area (Å²) in [5.41, 5.74) is 0.634. The van der Waals surface area contributed by atoms with E-state index in [1.807, 2.05) is 12.1 Å². The molecule has 1 aliphatic rings. The Kier molecular flexibility index (Phi) is 4.18. The number of anilines is 1. The summed E-state index contributed by atoms with van der Waals surface area (Å²) in [4.78, 5) is 17.6. The van der Waals surface area contributed by atoms with Crippen LogP contribution in [0.15, 0.2) is 18.3 Å². The van der Waals surface area contributed by atoms with Gasteiger partial charge in [0.15, 0.2) is 0 Å². The molecule has 0 atom stereocenters. The molecule has 4 heteroatoms. The number of pyridine rings is 1. The highest BCUT2D eigenvalue weighted by Crippen LogP contribution is 2.20. The summed E-state index contributed by atoms with van der Waals surface area (Å²) in [6.45, 7) is 0. The minimum atomic E-state index is -0.00767. The van der Waals surface area contributed by atoms with Crippen LogP contribution >= 0.6 is 0 Å². The summed E-state index contributed by atoms with van der Waals surface area (Å²) in [5, 5.41) is 3.44. The standard InChI is InChI=1S/C14H21N3O/c1-17(2)14(18)11-8-9-13(15-10-11)16-12-6-4-3-5-7-12/h8-10,12H,3-7H2,1-2H3,(H,15,16). The molecule has 2 rings (SSSR count). The van der Waals surface area contributed by atoms with E-state index in [2.05, 4.69) is 10.3 Å². The highest BCUT2D eigenvalue weighted by atomic mass is 16.2. The van der Waals surface area contributed by atoms with Gasteiger partial charge >= 0.3 is 0 Å². The molecule has 1 fully saturated rings. The van der Waals surface area contributed by atoms with E-state index in [-0.39, 0.29) is 5.91 Å². The molecule has 1 aromatic rings. The van der Waals surface area contributed by atoms with Crippen molar-refractivity contribution in [2.75, 3.05) is 19.4 Å². The Morgan fingerprint density at radius 1 is 1.28 bits per heavy atom. The maximum absolute atomic E-state index is 11.7. The van der Waals surface area contributed by atoms with Gasteiger partial charge in [-0.05, 0) is 25.0 Å². The van der Waals surface area contributed by atoms with Gasteiger partial charge in [0.05, 0.1) is 5.56 Å². The largest absolute Gasteiger partial charge is 0.367 e. The molecule has 0 bridgehead atoms. The number of carbonyl (C=O) groups excluding carboxylic acids is 1. The SMILES string of the molecule is CN(C)C(=O)c1ccc(NC2CCCCC2)nc1. The third kappa shape index (κ3) is 3.22. The van der Waals surface area contributed by atoms with Crippen LogP contribution in [0, 0.1) is 0 Å². The van der Waals surface area contributed by atoms with Crippen molar-refractivity contribution in [2.45, 2.75) is 38.1 Å². The molecule has 0 unspecified atom stereocenters. The number of aromatic nitrogens is 1. The van der Waals surface area contributed by atoms with Gasteiger partial charge in [0.25, 0.3) is 5.91 Å². The molecule has 0 radical (unpaired) electrons. The topological polar surface area (TPSA) is 45.2 Å². The third-order valence-electron chi connectivity index (χ3n) is 3.37. The van der Waals surface area contributed by atoms with Crippen molar-refractivity contribution in [3.8, 4) is 0 Å². The number of rotatable bonds is 3. The fourth-order valence-electron chi connectivity index (χ4n) is 2.32. The Morgan fingerprint density at radius 2 is 2.00 bits per heavy atom. The summed E-state index contributed by atoms with van der Waals surface area (Å²) in [7, 11) is 3.49. The van der Waals surface area contributed by atoms with E-state index in [0.717, 1.165) is 5.82 Å². The summed E-state index contributed by atoms with van der Waals surface area (Å²) in [5.74, 6) is 0.865. The van der Waals surface area contributed by atoms with Gasteiger partial charge in [-0.3, -0.25) is 4.79 Å². The molecular weight excluding hydrogens is 226 g/mol. The van der Waals surface area contributed by atoms with Crippen LogP contribution in [0.5, 0.6) is 0 Å². The van der Waals surface area contributed by atoms with Crippen molar-refractivity contribution in [3.05, 3.63) is 23.9 Å². The zero-order valence-electron chi connectivity index (χ0n) is 11.1. The first-order valence-electron chi connectivity index (χ1n) is 6.61. The average Bonchev–Trinajstić information content (AvgIpc) is 2.40. The van der Waals surface area contributed by atoms with Gasteiger partial charge in [-0.1, -0.05) is 19.3 Å². The van der Waals surface area contributed by atoms with Gasteiger partial charge in [-0.25, -0.2) is 4.98 Å². The van der Waals surface area contributed by atoms with Crippen LogP contribution in [0.2, 0.25) is 0 Å². The Hall–Kier alpha value is -1.58. The zero-order valence-corrected chi connectivity index (χ0v) is 11.1. The van der Waals surface area contributed by atoms with E-state index < -0.39 is 0 Å². The van der Waals surface area contributed by atoms with Gasteiger partial charge in [0.2, 0.25) is 0 Å². The monoisotopic (exact) mass is 247 g/mol. The molecule has 1 N–H and O–H groups in total. The van der Waals surface area contributed by atoms with Gasteiger partial charge < -0.3 is 10.2 Å². The molecule has 18 heavy (non-hydrogen) atoms. The lowest BCUT2D eigenvalue weighted by Crippen LogP contribution is -2.24. The number of hydrogen-bond donors (Lipinski definition) is 1. The van der Waals surface area contributed by atoms with E-state index in [1.54, 1.807) is 25.2 Å². The van der Waals surface area contributed by atoms with Crippen LogP contribution < -0.4 is 5.32 Å². The first-order chi connectivity index (χ1) is 8.66. The number of amides is 1. The fraction of sp³-hybridized carbons (Fsp3) is 0.571. The number of nitrogens with one attached hydrogen (secondary N) is 1. The maximum atomic E-state index is 11.7. The van der Waals surface area contributed by atoms with Crippen LogP contribution in [-0.2, 0) is 0 Å². The summed E-state index contributed by atoms with van der Waals surface area (Å²) >= 11 is 0. The van der Waals surface area contributed by atoms with E-state index >= 15 is 0 Å². The molecule has 4 nitrogen and oxygen atoms in total. The van der Waals surface area contributed by atoms with Crippen molar-refractivity contribution in [1.82, 2.24) is 9.88 Å². The predicted molar refractivity (Wildman–Crippen MR) is 72.8 cm³/mol. The lowest BCUT2D eigenvalue weighted by atomic mass is 9.95. The lowest BCUT2D eigenvalue weighted by Gasteiger charge is -2.23. The Balaban J connectivity index is 1.96. The molecule has 1 amide bonds. The first kappa shape index (κ1) is 12.9. The van der Waals surface area contributed by atoms with E-state index in [9.17, 15) is 4.79 Å². The molecule has 98 valence electrons. The van der Waals surface area contributed by atoms with Crippen molar-refractivity contribution in [3.63, 3.8) is 0 Å². The molecule has 1 saturated carbocycles. The maximum Gasteiger partial charge on any atom is 0.254 e. The van der Waals surface area contributed by atoms with Crippen LogP contribution in [0.1, 0.15) is 42.5 Å². The smallest absolute Gasteiger partial charge is 0.254 e. The van der Waals surface area contributed by atoms with E-state index in [0.29, 0.717) is 11.6 Å².